The first-order valence-corrected chi connectivity index (χ1v) is 9.80. The zero-order valence-electron chi connectivity index (χ0n) is 15.9. The SMILES string of the molecule is O=C(Nc1cncc(-c2cnc3n[nH]c(-c4nc5ccccc5[nH]4)c3c2)c1)C1CC1. The van der Waals surface area contributed by atoms with E-state index in [1.165, 1.54) is 0 Å². The van der Waals surface area contributed by atoms with Gasteiger partial charge in [-0.3, -0.25) is 14.9 Å². The first kappa shape index (κ1) is 16.8. The number of para-hydroxylation sites is 2. The molecule has 4 aromatic heterocycles. The number of pyridine rings is 2. The van der Waals surface area contributed by atoms with Gasteiger partial charge in [0, 0.05) is 29.4 Å². The van der Waals surface area contributed by atoms with Crippen molar-refractivity contribution in [2.45, 2.75) is 12.8 Å². The number of H-pyrrole nitrogens is 2. The Bertz CT molecular complexity index is 1380. The van der Waals surface area contributed by atoms with Crippen LogP contribution in [0.4, 0.5) is 5.69 Å². The van der Waals surface area contributed by atoms with Gasteiger partial charge in [-0.25, -0.2) is 9.97 Å². The van der Waals surface area contributed by atoms with Crippen molar-refractivity contribution in [2.24, 2.45) is 5.92 Å². The molecule has 0 unspecified atom stereocenters. The number of nitrogens with zero attached hydrogens (tertiary/aromatic N) is 4. The van der Waals surface area contributed by atoms with Gasteiger partial charge in [0.15, 0.2) is 11.5 Å². The monoisotopic (exact) mass is 395 g/mol. The third kappa shape index (κ3) is 2.89. The highest BCUT2D eigenvalue weighted by molar-refractivity contribution is 5.95. The van der Waals surface area contributed by atoms with Gasteiger partial charge in [-0.15, -0.1) is 0 Å². The zero-order chi connectivity index (χ0) is 20.1. The Morgan fingerprint density at radius 3 is 2.80 bits per heavy atom. The van der Waals surface area contributed by atoms with Crippen molar-refractivity contribution in [3.05, 3.63) is 55.0 Å². The third-order valence-corrected chi connectivity index (χ3v) is 5.32. The lowest BCUT2D eigenvalue weighted by molar-refractivity contribution is -0.117. The summed E-state index contributed by atoms with van der Waals surface area (Å²) in [4.78, 5) is 28.8. The Morgan fingerprint density at radius 2 is 1.93 bits per heavy atom. The van der Waals surface area contributed by atoms with Crippen molar-refractivity contribution >= 4 is 33.7 Å². The van der Waals surface area contributed by atoms with Crippen molar-refractivity contribution in [1.82, 2.24) is 30.1 Å². The molecule has 0 atom stereocenters. The van der Waals surface area contributed by atoms with Gasteiger partial charge in [0.2, 0.25) is 5.91 Å². The highest BCUT2D eigenvalue weighted by Crippen LogP contribution is 2.32. The number of aromatic nitrogens is 6. The largest absolute Gasteiger partial charge is 0.337 e. The van der Waals surface area contributed by atoms with E-state index >= 15 is 0 Å². The fourth-order valence-electron chi connectivity index (χ4n) is 3.57. The average Bonchev–Trinajstić information content (AvgIpc) is 3.40. The summed E-state index contributed by atoms with van der Waals surface area (Å²) in [6.45, 7) is 0. The molecule has 0 spiro atoms. The normalized spacial score (nSPS) is 13.7. The molecule has 146 valence electrons. The molecule has 1 aliphatic carbocycles. The van der Waals surface area contributed by atoms with Crippen LogP contribution >= 0.6 is 0 Å². The van der Waals surface area contributed by atoms with Gasteiger partial charge in [-0.05, 0) is 37.1 Å². The van der Waals surface area contributed by atoms with Crippen LogP contribution in [0.1, 0.15) is 12.8 Å². The summed E-state index contributed by atoms with van der Waals surface area (Å²) < 4.78 is 0. The Kier molecular flexibility index (Phi) is 3.64. The van der Waals surface area contributed by atoms with Crippen LogP contribution in [-0.2, 0) is 4.79 Å². The second-order valence-electron chi connectivity index (χ2n) is 7.52. The number of benzene rings is 1. The number of aromatic amines is 2. The van der Waals surface area contributed by atoms with Crippen molar-refractivity contribution in [1.29, 1.82) is 0 Å². The van der Waals surface area contributed by atoms with Crippen LogP contribution in [0.15, 0.2) is 55.0 Å². The van der Waals surface area contributed by atoms with E-state index in [-0.39, 0.29) is 11.8 Å². The Labute approximate surface area is 170 Å². The van der Waals surface area contributed by atoms with E-state index in [2.05, 4.69) is 35.5 Å². The zero-order valence-corrected chi connectivity index (χ0v) is 15.9. The predicted octanol–water partition coefficient (Wildman–Crippen LogP) is 3.91. The van der Waals surface area contributed by atoms with Crippen molar-refractivity contribution in [3.63, 3.8) is 0 Å². The number of amides is 1. The van der Waals surface area contributed by atoms with Gasteiger partial charge in [0.1, 0.15) is 5.69 Å². The number of carbonyl (C=O) groups is 1. The number of hydrogen-bond donors (Lipinski definition) is 3. The number of nitrogens with one attached hydrogen (secondary N) is 3. The third-order valence-electron chi connectivity index (χ3n) is 5.32. The molecule has 0 saturated heterocycles. The van der Waals surface area contributed by atoms with Crippen molar-refractivity contribution in [3.8, 4) is 22.6 Å². The highest BCUT2D eigenvalue weighted by Gasteiger charge is 2.29. The second-order valence-corrected chi connectivity index (χ2v) is 7.52. The van der Waals surface area contributed by atoms with E-state index in [1.54, 1.807) is 18.6 Å². The summed E-state index contributed by atoms with van der Waals surface area (Å²) in [5.41, 5.74) is 5.69. The summed E-state index contributed by atoms with van der Waals surface area (Å²) in [6.07, 6.45) is 7.11. The fraction of sp³-hybridized carbons (Fsp3) is 0.136. The Hall–Kier alpha value is -4.07. The van der Waals surface area contributed by atoms with Gasteiger partial charge in [0.25, 0.3) is 0 Å². The minimum Gasteiger partial charge on any atom is -0.337 e. The van der Waals surface area contributed by atoms with Crippen LogP contribution in [0, 0.1) is 5.92 Å². The van der Waals surface area contributed by atoms with Crippen LogP contribution in [-0.4, -0.2) is 36.0 Å². The van der Waals surface area contributed by atoms with Gasteiger partial charge in [-0.1, -0.05) is 12.1 Å². The summed E-state index contributed by atoms with van der Waals surface area (Å²) in [6, 6.07) is 11.8. The lowest BCUT2D eigenvalue weighted by Crippen LogP contribution is -2.13. The van der Waals surface area contributed by atoms with E-state index in [0.717, 1.165) is 46.1 Å². The number of anilines is 1. The lowest BCUT2D eigenvalue weighted by Gasteiger charge is -2.06. The Balaban J connectivity index is 1.40. The average molecular weight is 395 g/mol. The number of imidazole rings is 1. The van der Waals surface area contributed by atoms with Gasteiger partial charge in [0.05, 0.1) is 28.3 Å². The van der Waals surface area contributed by atoms with Crippen LogP contribution in [0.5, 0.6) is 0 Å². The number of hydrogen-bond acceptors (Lipinski definition) is 5. The smallest absolute Gasteiger partial charge is 0.227 e. The number of fused-ring (bicyclic) bond motifs is 2. The molecule has 0 bridgehead atoms. The fourth-order valence-corrected chi connectivity index (χ4v) is 3.57. The van der Waals surface area contributed by atoms with Crippen LogP contribution in [0.2, 0.25) is 0 Å². The molecular formula is C22H17N7O. The summed E-state index contributed by atoms with van der Waals surface area (Å²) >= 11 is 0. The van der Waals surface area contributed by atoms with E-state index in [9.17, 15) is 4.79 Å². The summed E-state index contributed by atoms with van der Waals surface area (Å²) in [5, 5.41) is 11.2. The molecule has 4 heterocycles. The first-order chi connectivity index (χ1) is 14.7. The summed E-state index contributed by atoms with van der Waals surface area (Å²) in [7, 11) is 0. The molecule has 8 nitrogen and oxygen atoms in total. The lowest BCUT2D eigenvalue weighted by atomic mass is 10.1. The van der Waals surface area contributed by atoms with E-state index in [1.807, 2.05) is 36.4 Å². The molecule has 8 heteroatoms. The van der Waals surface area contributed by atoms with E-state index in [4.69, 9.17) is 0 Å². The highest BCUT2D eigenvalue weighted by atomic mass is 16.2. The molecule has 1 aromatic carbocycles. The van der Waals surface area contributed by atoms with Crippen LogP contribution < -0.4 is 5.32 Å². The molecule has 1 aliphatic rings. The number of carbonyl (C=O) groups excluding carboxylic acids is 1. The quantitative estimate of drug-likeness (QED) is 0.427. The van der Waals surface area contributed by atoms with Gasteiger partial charge in [-0.2, -0.15) is 5.10 Å². The molecule has 3 N–H and O–H groups in total. The predicted molar refractivity (Wildman–Crippen MR) is 114 cm³/mol. The second kappa shape index (κ2) is 6.48. The van der Waals surface area contributed by atoms with Gasteiger partial charge < -0.3 is 10.3 Å². The minimum absolute atomic E-state index is 0.0598. The topological polar surface area (TPSA) is 112 Å². The Morgan fingerprint density at radius 1 is 1.07 bits per heavy atom. The molecule has 30 heavy (non-hydrogen) atoms. The summed E-state index contributed by atoms with van der Waals surface area (Å²) in [5.74, 6) is 0.912. The molecule has 0 aliphatic heterocycles. The first-order valence-electron chi connectivity index (χ1n) is 9.80. The standard InChI is InChI=1S/C22H17N7O/c30-22(12-5-6-12)25-15-7-13(9-23-11-15)14-8-16-19(28-29-20(16)24-10-14)21-26-17-3-1-2-4-18(17)27-21/h1-4,7-12H,5-6H2,(H,25,30)(H,26,27)(H,24,28,29). The molecule has 1 amide bonds. The molecule has 6 rings (SSSR count). The van der Waals surface area contributed by atoms with Crippen LogP contribution in [0.25, 0.3) is 44.7 Å². The minimum atomic E-state index is 0.0598. The van der Waals surface area contributed by atoms with Gasteiger partial charge >= 0.3 is 0 Å². The molecule has 1 saturated carbocycles. The maximum Gasteiger partial charge on any atom is 0.227 e. The molecule has 5 aromatic rings. The van der Waals surface area contributed by atoms with Crippen molar-refractivity contribution in [2.75, 3.05) is 5.32 Å². The van der Waals surface area contributed by atoms with Crippen molar-refractivity contribution < 1.29 is 4.79 Å². The van der Waals surface area contributed by atoms with E-state index < -0.39 is 0 Å². The molecule has 1 fully saturated rings. The van der Waals surface area contributed by atoms with E-state index in [0.29, 0.717) is 17.2 Å². The van der Waals surface area contributed by atoms with Crippen LogP contribution in [0.3, 0.4) is 0 Å². The maximum absolute atomic E-state index is 12.1. The number of rotatable bonds is 4. The molecule has 0 radical (unpaired) electrons. The molecular weight excluding hydrogens is 378 g/mol. The maximum atomic E-state index is 12.1.